The smallest absolute Gasteiger partial charge is 0.408 e. The van der Waals surface area contributed by atoms with E-state index in [2.05, 4.69) is 5.32 Å². The molecule has 116 valence electrons. The highest BCUT2D eigenvalue weighted by Crippen LogP contribution is 2.30. The van der Waals surface area contributed by atoms with Crippen LogP contribution < -0.4 is 5.32 Å². The summed E-state index contributed by atoms with van der Waals surface area (Å²) in [5.74, 6) is 0.231. The van der Waals surface area contributed by atoms with Gasteiger partial charge in [-0.1, -0.05) is 19.3 Å². The first-order chi connectivity index (χ1) is 9.23. The first kappa shape index (κ1) is 16.8. The lowest BCUT2D eigenvalue weighted by molar-refractivity contribution is -0.171. The van der Waals surface area contributed by atoms with Gasteiger partial charge in [-0.3, -0.25) is 9.63 Å². The number of ether oxygens (including phenoxy) is 1. The van der Waals surface area contributed by atoms with Crippen LogP contribution >= 0.6 is 0 Å². The number of hydrogen-bond donors (Lipinski definition) is 1. The predicted octanol–water partition coefficient (Wildman–Crippen LogP) is 2.09. The van der Waals surface area contributed by atoms with Crippen LogP contribution in [0.15, 0.2) is 0 Å². The molecule has 0 aromatic carbocycles. The van der Waals surface area contributed by atoms with E-state index in [0.717, 1.165) is 17.9 Å². The van der Waals surface area contributed by atoms with Crippen molar-refractivity contribution in [2.24, 2.45) is 5.92 Å². The number of likely N-dealkylation sites (N-methyl/N-ethyl adjacent to an activating group) is 1. The summed E-state index contributed by atoms with van der Waals surface area (Å²) in [4.78, 5) is 28.9. The molecule has 1 saturated carbocycles. The Balaban J connectivity index is 2.61. The van der Waals surface area contributed by atoms with Gasteiger partial charge in [0.05, 0.1) is 7.11 Å². The maximum atomic E-state index is 12.2. The van der Waals surface area contributed by atoms with Crippen LogP contribution in [0.3, 0.4) is 0 Å². The summed E-state index contributed by atoms with van der Waals surface area (Å²) in [6.45, 7) is 5.36. The Morgan fingerprint density at radius 2 is 1.95 bits per heavy atom. The standard InChI is InChI=1S/C14H26N2O4/c1-14(2,3)20-13(18)15-11(9-10-7-6-8-10)12(17)16(4)19-5/h10-11H,6-9H2,1-5H3,(H,15,18)/t11-/m0/s1. The normalized spacial score (nSPS) is 17.1. The number of nitrogens with zero attached hydrogens (tertiary/aromatic N) is 1. The lowest BCUT2D eigenvalue weighted by Gasteiger charge is -2.31. The van der Waals surface area contributed by atoms with E-state index in [-0.39, 0.29) is 5.91 Å². The molecular weight excluding hydrogens is 260 g/mol. The third-order valence-corrected chi connectivity index (χ3v) is 3.37. The minimum Gasteiger partial charge on any atom is -0.444 e. The first-order valence-electron chi connectivity index (χ1n) is 7.04. The van der Waals surface area contributed by atoms with Crippen molar-refractivity contribution in [1.29, 1.82) is 0 Å². The molecule has 0 spiro atoms. The highest BCUT2D eigenvalue weighted by Gasteiger charge is 2.31. The van der Waals surface area contributed by atoms with Gasteiger partial charge >= 0.3 is 6.09 Å². The van der Waals surface area contributed by atoms with Gasteiger partial charge in [-0.05, 0) is 33.1 Å². The van der Waals surface area contributed by atoms with Crippen LogP contribution in [0.25, 0.3) is 0 Å². The van der Waals surface area contributed by atoms with Gasteiger partial charge in [-0.2, -0.15) is 0 Å². The molecule has 0 aliphatic heterocycles. The van der Waals surface area contributed by atoms with Crippen LogP contribution in [0.1, 0.15) is 46.5 Å². The zero-order valence-electron chi connectivity index (χ0n) is 13.1. The molecule has 6 nitrogen and oxygen atoms in total. The molecule has 20 heavy (non-hydrogen) atoms. The highest BCUT2D eigenvalue weighted by molar-refractivity contribution is 5.84. The highest BCUT2D eigenvalue weighted by atomic mass is 16.7. The molecule has 1 fully saturated rings. The summed E-state index contributed by atoms with van der Waals surface area (Å²) in [7, 11) is 2.96. The maximum Gasteiger partial charge on any atom is 0.408 e. The number of hydroxylamine groups is 2. The number of nitrogens with one attached hydrogen (secondary N) is 1. The molecule has 1 aliphatic rings. The summed E-state index contributed by atoms with van der Waals surface area (Å²) in [5.41, 5.74) is -0.582. The van der Waals surface area contributed by atoms with Gasteiger partial charge in [-0.15, -0.1) is 0 Å². The summed E-state index contributed by atoms with van der Waals surface area (Å²) < 4.78 is 5.20. The van der Waals surface area contributed by atoms with Gasteiger partial charge in [0.25, 0.3) is 5.91 Å². The Kier molecular flexibility index (Phi) is 5.80. The van der Waals surface area contributed by atoms with Gasteiger partial charge in [0.15, 0.2) is 0 Å². The molecular formula is C14H26N2O4. The average molecular weight is 286 g/mol. The fourth-order valence-corrected chi connectivity index (χ4v) is 2.04. The van der Waals surface area contributed by atoms with Crippen molar-refractivity contribution in [3.8, 4) is 0 Å². The molecule has 0 aromatic rings. The van der Waals surface area contributed by atoms with Crippen molar-refractivity contribution in [1.82, 2.24) is 10.4 Å². The molecule has 0 aromatic heterocycles. The van der Waals surface area contributed by atoms with E-state index in [1.165, 1.54) is 20.6 Å². The molecule has 0 bridgehead atoms. The van der Waals surface area contributed by atoms with Gasteiger partial charge in [0.1, 0.15) is 11.6 Å². The number of carbonyl (C=O) groups excluding carboxylic acids is 2. The van der Waals surface area contributed by atoms with Crippen LogP contribution in [-0.4, -0.2) is 42.9 Å². The minimum atomic E-state index is -0.597. The van der Waals surface area contributed by atoms with Crippen LogP contribution in [-0.2, 0) is 14.4 Å². The van der Waals surface area contributed by atoms with E-state index in [0.29, 0.717) is 12.3 Å². The zero-order chi connectivity index (χ0) is 15.3. The molecule has 1 N–H and O–H groups in total. The number of alkyl carbamates (subject to hydrolysis) is 1. The third kappa shape index (κ3) is 5.36. The molecule has 1 aliphatic carbocycles. The molecule has 0 saturated heterocycles. The van der Waals surface area contributed by atoms with E-state index in [1.54, 1.807) is 20.8 Å². The largest absolute Gasteiger partial charge is 0.444 e. The van der Waals surface area contributed by atoms with Crippen molar-refractivity contribution < 1.29 is 19.2 Å². The summed E-state index contributed by atoms with van der Waals surface area (Å²) in [6, 6.07) is -0.597. The number of hydrogen-bond acceptors (Lipinski definition) is 4. The summed E-state index contributed by atoms with van der Waals surface area (Å²) in [5, 5.41) is 3.79. The van der Waals surface area contributed by atoms with Crippen molar-refractivity contribution in [2.45, 2.75) is 58.1 Å². The minimum absolute atomic E-state index is 0.259. The molecule has 2 amide bonds. The van der Waals surface area contributed by atoms with Crippen LogP contribution in [0.2, 0.25) is 0 Å². The van der Waals surface area contributed by atoms with E-state index in [9.17, 15) is 9.59 Å². The van der Waals surface area contributed by atoms with Crippen molar-refractivity contribution >= 4 is 12.0 Å². The Morgan fingerprint density at radius 3 is 2.35 bits per heavy atom. The fraction of sp³-hybridized carbons (Fsp3) is 0.857. The molecule has 0 heterocycles. The third-order valence-electron chi connectivity index (χ3n) is 3.37. The summed E-state index contributed by atoms with van der Waals surface area (Å²) >= 11 is 0. The van der Waals surface area contributed by atoms with Gasteiger partial charge < -0.3 is 10.1 Å². The fourth-order valence-electron chi connectivity index (χ4n) is 2.04. The van der Waals surface area contributed by atoms with E-state index in [1.807, 2.05) is 0 Å². The second kappa shape index (κ2) is 6.92. The van der Waals surface area contributed by atoms with Crippen molar-refractivity contribution in [2.75, 3.05) is 14.2 Å². The number of rotatable bonds is 5. The SMILES string of the molecule is CON(C)C(=O)[C@H](CC1CCC1)NC(=O)OC(C)(C)C. The predicted molar refractivity (Wildman–Crippen MR) is 74.9 cm³/mol. The van der Waals surface area contributed by atoms with E-state index >= 15 is 0 Å². The molecule has 1 rings (SSSR count). The number of carbonyl (C=O) groups is 2. The molecule has 0 radical (unpaired) electrons. The Hall–Kier alpha value is -1.30. The lowest BCUT2D eigenvalue weighted by Crippen LogP contribution is -2.49. The topological polar surface area (TPSA) is 67.9 Å². The second-order valence-corrected chi connectivity index (χ2v) is 6.25. The molecule has 6 heteroatoms. The van der Waals surface area contributed by atoms with E-state index in [4.69, 9.17) is 9.57 Å². The van der Waals surface area contributed by atoms with Gasteiger partial charge in [-0.25, -0.2) is 9.86 Å². The summed E-state index contributed by atoms with van der Waals surface area (Å²) in [6.07, 6.45) is 3.47. The first-order valence-corrected chi connectivity index (χ1v) is 7.04. The molecule has 1 atom stereocenters. The quantitative estimate of drug-likeness (QED) is 0.786. The molecule has 0 unspecified atom stereocenters. The van der Waals surface area contributed by atoms with Crippen molar-refractivity contribution in [3.05, 3.63) is 0 Å². The average Bonchev–Trinajstić information content (AvgIpc) is 2.27. The van der Waals surface area contributed by atoms with Crippen LogP contribution in [0.5, 0.6) is 0 Å². The Bertz CT molecular complexity index is 348. The lowest BCUT2D eigenvalue weighted by atomic mass is 9.80. The van der Waals surface area contributed by atoms with Crippen LogP contribution in [0, 0.1) is 5.92 Å². The van der Waals surface area contributed by atoms with Gasteiger partial charge in [0, 0.05) is 7.05 Å². The maximum absolute atomic E-state index is 12.2. The van der Waals surface area contributed by atoms with Crippen molar-refractivity contribution in [3.63, 3.8) is 0 Å². The second-order valence-electron chi connectivity index (χ2n) is 6.25. The number of amides is 2. The van der Waals surface area contributed by atoms with Crippen LogP contribution in [0.4, 0.5) is 4.79 Å². The Morgan fingerprint density at radius 1 is 1.35 bits per heavy atom. The van der Waals surface area contributed by atoms with E-state index < -0.39 is 17.7 Å². The van der Waals surface area contributed by atoms with Gasteiger partial charge in [0.2, 0.25) is 0 Å². The Labute approximate surface area is 120 Å². The zero-order valence-corrected chi connectivity index (χ0v) is 13.1. The monoisotopic (exact) mass is 286 g/mol.